The van der Waals surface area contributed by atoms with Crippen LogP contribution in [-0.4, -0.2) is 24.8 Å². The molecular formula is C11H11NO4S. The van der Waals surface area contributed by atoms with Gasteiger partial charge in [0.15, 0.2) is 9.84 Å². The minimum atomic E-state index is -2.93. The number of nitrogens with zero attached hydrogens (tertiary/aromatic N) is 1. The summed E-state index contributed by atoms with van der Waals surface area (Å²) in [4.78, 5) is 10.0. The highest BCUT2D eigenvalue weighted by molar-refractivity contribution is 7.91. The van der Waals surface area contributed by atoms with E-state index in [0.29, 0.717) is 6.42 Å². The molecule has 17 heavy (non-hydrogen) atoms. The molecular weight excluding hydrogens is 242 g/mol. The Labute approximate surface area is 98.8 Å². The molecule has 0 amide bonds. The minimum absolute atomic E-state index is 0.0396. The molecule has 0 N–H and O–H groups in total. The number of sulfone groups is 1. The van der Waals surface area contributed by atoms with Gasteiger partial charge in [0.2, 0.25) is 0 Å². The lowest BCUT2D eigenvalue weighted by molar-refractivity contribution is -0.384. The molecule has 0 saturated heterocycles. The van der Waals surface area contributed by atoms with Crippen LogP contribution in [0.1, 0.15) is 12.0 Å². The third-order valence-electron chi connectivity index (χ3n) is 2.71. The highest BCUT2D eigenvalue weighted by Crippen LogP contribution is 2.24. The van der Waals surface area contributed by atoms with E-state index in [2.05, 4.69) is 0 Å². The summed E-state index contributed by atoms with van der Waals surface area (Å²) in [6, 6.07) is 6.17. The molecule has 90 valence electrons. The van der Waals surface area contributed by atoms with Gasteiger partial charge in [-0.2, -0.15) is 0 Å². The van der Waals surface area contributed by atoms with Crippen molar-refractivity contribution < 1.29 is 13.3 Å². The average molecular weight is 253 g/mol. The quantitative estimate of drug-likeness (QED) is 0.594. The second-order valence-electron chi connectivity index (χ2n) is 3.90. The van der Waals surface area contributed by atoms with Crippen LogP contribution in [0.25, 0.3) is 5.57 Å². The molecule has 1 aliphatic rings. The van der Waals surface area contributed by atoms with E-state index in [1.807, 2.05) is 0 Å². The van der Waals surface area contributed by atoms with Crippen LogP contribution in [-0.2, 0) is 9.84 Å². The number of hydrogen-bond acceptors (Lipinski definition) is 4. The molecule has 0 fully saturated rings. The number of hydrogen-bond donors (Lipinski definition) is 0. The first kappa shape index (κ1) is 11.8. The molecule has 1 aliphatic heterocycles. The molecule has 0 atom stereocenters. The van der Waals surface area contributed by atoms with Gasteiger partial charge in [-0.25, -0.2) is 8.42 Å². The van der Waals surface area contributed by atoms with Gasteiger partial charge >= 0.3 is 0 Å². The Morgan fingerprint density at radius 1 is 1.18 bits per heavy atom. The van der Waals surface area contributed by atoms with Crippen LogP contribution in [0.5, 0.6) is 0 Å². The van der Waals surface area contributed by atoms with Crippen molar-refractivity contribution in [3.05, 3.63) is 46.0 Å². The van der Waals surface area contributed by atoms with Crippen LogP contribution < -0.4 is 0 Å². The maximum Gasteiger partial charge on any atom is 0.269 e. The van der Waals surface area contributed by atoms with E-state index in [1.54, 1.807) is 18.2 Å². The normalized spacial score (nSPS) is 18.5. The van der Waals surface area contributed by atoms with Crippen molar-refractivity contribution in [2.45, 2.75) is 6.42 Å². The van der Waals surface area contributed by atoms with Crippen LogP contribution in [0.2, 0.25) is 0 Å². The Hall–Kier alpha value is -1.69. The number of non-ortho nitro benzene ring substituents is 1. The van der Waals surface area contributed by atoms with Gasteiger partial charge in [-0.05, 0) is 29.7 Å². The van der Waals surface area contributed by atoms with Gasteiger partial charge in [0.1, 0.15) is 0 Å². The topological polar surface area (TPSA) is 77.3 Å². The van der Waals surface area contributed by atoms with Crippen molar-refractivity contribution in [2.24, 2.45) is 0 Å². The van der Waals surface area contributed by atoms with Crippen molar-refractivity contribution in [3.8, 4) is 0 Å². The summed E-state index contributed by atoms with van der Waals surface area (Å²) in [5, 5.41) is 10.5. The Morgan fingerprint density at radius 3 is 2.29 bits per heavy atom. The average Bonchev–Trinajstić information content (AvgIpc) is 2.29. The van der Waals surface area contributed by atoms with Crippen LogP contribution in [0.4, 0.5) is 5.69 Å². The fraction of sp³-hybridized carbons (Fsp3) is 0.273. The monoisotopic (exact) mass is 253 g/mol. The molecule has 0 radical (unpaired) electrons. The van der Waals surface area contributed by atoms with Gasteiger partial charge in [-0.15, -0.1) is 0 Å². The lowest BCUT2D eigenvalue weighted by Crippen LogP contribution is -2.14. The maximum atomic E-state index is 11.2. The number of nitro benzene ring substituents is 1. The van der Waals surface area contributed by atoms with Gasteiger partial charge in [-0.1, -0.05) is 6.08 Å². The molecule has 2 rings (SSSR count). The molecule has 6 heteroatoms. The van der Waals surface area contributed by atoms with Gasteiger partial charge < -0.3 is 0 Å². The first-order valence-electron chi connectivity index (χ1n) is 5.12. The second-order valence-corrected chi connectivity index (χ2v) is 6.13. The van der Waals surface area contributed by atoms with Crippen molar-refractivity contribution in [1.29, 1.82) is 0 Å². The van der Waals surface area contributed by atoms with Crippen molar-refractivity contribution in [3.63, 3.8) is 0 Å². The van der Waals surface area contributed by atoms with E-state index in [-0.39, 0.29) is 17.2 Å². The number of rotatable bonds is 2. The molecule has 0 spiro atoms. The third-order valence-corrected chi connectivity index (χ3v) is 4.22. The van der Waals surface area contributed by atoms with Gasteiger partial charge in [0, 0.05) is 12.1 Å². The summed E-state index contributed by atoms with van der Waals surface area (Å²) in [6.45, 7) is 0. The van der Waals surface area contributed by atoms with Crippen LogP contribution in [0.15, 0.2) is 30.3 Å². The van der Waals surface area contributed by atoms with E-state index >= 15 is 0 Å². The zero-order chi connectivity index (χ0) is 12.5. The molecule has 1 heterocycles. The van der Waals surface area contributed by atoms with Crippen molar-refractivity contribution in [2.75, 3.05) is 11.5 Å². The van der Waals surface area contributed by atoms with Crippen LogP contribution >= 0.6 is 0 Å². The third kappa shape index (κ3) is 2.71. The fourth-order valence-electron chi connectivity index (χ4n) is 1.74. The summed E-state index contributed by atoms with van der Waals surface area (Å²) in [5.41, 5.74) is 1.83. The first-order valence-corrected chi connectivity index (χ1v) is 6.94. The van der Waals surface area contributed by atoms with E-state index in [9.17, 15) is 18.5 Å². The maximum absolute atomic E-state index is 11.2. The standard InChI is InChI=1S/C11H11NO4S/c13-12(14)11-3-1-9(2-4-11)10-5-7-17(15,16)8-6-10/h1-5H,6-8H2. The smallest absolute Gasteiger partial charge is 0.258 e. The molecule has 0 aliphatic carbocycles. The summed E-state index contributed by atoms with van der Waals surface area (Å²) in [7, 11) is -2.93. The molecule has 5 nitrogen and oxygen atoms in total. The highest BCUT2D eigenvalue weighted by Gasteiger charge is 2.17. The molecule has 0 saturated carbocycles. The second kappa shape index (κ2) is 4.29. The Bertz CT molecular complexity index is 572. The molecule has 1 aromatic rings. The predicted octanol–water partition coefficient (Wildman–Crippen LogP) is 1.80. The highest BCUT2D eigenvalue weighted by atomic mass is 32.2. The summed E-state index contributed by atoms with van der Waals surface area (Å²) in [5.74, 6) is 0.204. The Balaban J connectivity index is 2.25. The lowest BCUT2D eigenvalue weighted by Gasteiger charge is -2.13. The van der Waals surface area contributed by atoms with Crippen molar-refractivity contribution >= 4 is 21.1 Å². The molecule has 1 aromatic carbocycles. The van der Waals surface area contributed by atoms with Gasteiger partial charge in [-0.3, -0.25) is 10.1 Å². The Kier molecular flexibility index (Phi) is 2.97. The van der Waals surface area contributed by atoms with Crippen molar-refractivity contribution in [1.82, 2.24) is 0 Å². The lowest BCUT2D eigenvalue weighted by atomic mass is 10.0. The predicted molar refractivity (Wildman–Crippen MR) is 64.3 cm³/mol. The van der Waals surface area contributed by atoms with Gasteiger partial charge in [0.25, 0.3) is 5.69 Å². The summed E-state index contributed by atoms with van der Waals surface area (Å²) in [6.07, 6.45) is 2.15. The molecule has 0 bridgehead atoms. The van der Waals surface area contributed by atoms with E-state index in [4.69, 9.17) is 0 Å². The zero-order valence-corrected chi connectivity index (χ0v) is 9.81. The van der Waals surface area contributed by atoms with Crippen LogP contribution in [0.3, 0.4) is 0 Å². The van der Waals surface area contributed by atoms with Crippen LogP contribution in [0, 0.1) is 10.1 Å². The SMILES string of the molecule is O=[N+]([O-])c1ccc(C2=CCS(=O)(=O)CC2)cc1. The zero-order valence-electron chi connectivity index (χ0n) is 9.00. The van der Waals surface area contributed by atoms with E-state index < -0.39 is 14.8 Å². The minimum Gasteiger partial charge on any atom is -0.258 e. The van der Waals surface area contributed by atoms with E-state index in [0.717, 1.165) is 11.1 Å². The van der Waals surface area contributed by atoms with E-state index in [1.165, 1.54) is 12.1 Å². The number of nitro groups is 1. The molecule has 0 unspecified atom stereocenters. The number of benzene rings is 1. The van der Waals surface area contributed by atoms with Gasteiger partial charge in [0.05, 0.1) is 16.4 Å². The Morgan fingerprint density at radius 2 is 1.82 bits per heavy atom. The first-order chi connectivity index (χ1) is 7.98. The summed E-state index contributed by atoms with van der Waals surface area (Å²) >= 11 is 0. The molecule has 0 aromatic heterocycles. The summed E-state index contributed by atoms with van der Waals surface area (Å²) < 4.78 is 22.5. The number of allylic oxidation sites excluding steroid dienone is 1. The largest absolute Gasteiger partial charge is 0.269 e. The fourth-order valence-corrected chi connectivity index (χ4v) is 2.89.